The van der Waals surface area contributed by atoms with E-state index in [0.717, 1.165) is 71.1 Å². The first-order chi connectivity index (χ1) is 13.2. The summed E-state index contributed by atoms with van der Waals surface area (Å²) in [5, 5.41) is 9.52. The van der Waals surface area contributed by atoms with Gasteiger partial charge in [0.25, 0.3) is 0 Å². The van der Waals surface area contributed by atoms with Gasteiger partial charge in [-0.25, -0.2) is 0 Å². The maximum atomic E-state index is 9.52. The number of unbranched alkanes of at least 4 members (excludes halogenated alkanes) is 5. The minimum atomic E-state index is -0.153. The van der Waals surface area contributed by atoms with Gasteiger partial charge < -0.3 is 4.74 Å². The molecule has 0 aromatic heterocycles. The fraction of sp³-hybridized carbons (Fsp3) is 1.00. The maximum absolute atomic E-state index is 9.52. The second-order valence-corrected chi connectivity index (χ2v) is 9.17. The van der Waals surface area contributed by atoms with Gasteiger partial charge in [-0.2, -0.15) is 0 Å². The number of hydrogen-bond acceptors (Lipinski definition) is 5. The van der Waals surface area contributed by atoms with E-state index >= 15 is 0 Å². The molecule has 1 saturated heterocycles. The van der Waals surface area contributed by atoms with E-state index in [1.807, 2.05) is 0 Å². The predicted octanol–water partition coefficient (Wildman–Crippen LogP) is 6.00. The maximum Gasteiger partial charge on any atom is 0.340 e. The first-order valence-corrected chi connectivity index (χ1v) is 11.8. The van der Waals surface area contributed by atoms with Crippen molar-refractivity contribution in [1.82, 2.24) is 0 Å². The molecular weight excluding hydrogens is 362 g/mol. The number of rotatable bonds is 12. The second kappa shape index (κ2) is 11.6. The Balaban J connectivity index is 2.09. The van der Waals surface area contributed by atoms with E-state index in [9.17, 15) is 5.39 Å². The zero-order valence-electron chi connectivity index (χ0n) is 17.5. The summed E-state index contributed by atoms with van der Waals surface area (Å²) in [6.45, 7) is 9.33. The zero-order valence-corrected chi connectivity index (χ0v) is 18.3. The molecule has 0 aromatic rings. The van der Waals surface area contributed by atoms with Crippen molar-refractivity contribution < 1.29 is 18.7 Å². The van der Waals surface area contributed by atoms with Gasteiger partial charge in [0.05, 0.1) is 6.42 Å². The molecule has 0 aromatic carbocycles. The van der Waals surface area contributed by atoms with Crippen molar-refractivity contribution >= 4 is 12.0 Å². The van der Waals surface area contributed by atoms with E-state index in [-0.39, 0.29) is 17.0 Å². The van der Waals surface area contributed by atoms with Crippen LogP contribution in [0.2, 0.25) is 0 Å². The van der Waals surface area contributed by atoms with Crippen LogP contribution in [0.5, 0.6) is 0 Å². The van der Waals surface area contributed by atoms with E-state index in [1.165, 1.54) is 31.3 Å². The lowest BCUT2D eigenvalue weighted by Gasteiger charge is -2.44. The molecule has 0 N–H and O–H groups in total. The molecule has 2 rings (SSSR count). The molecule has 3 atom stereocenters. The third-order valence-corrected chi connectivity index (χ3v) is 7.25. The van der Waals surface area contributed by atoms with Crippen molar-refractivity contribution in [3.63, 3.8) is 0 Å². The molecule has 1 heterocycles. The Kier molecular flexibility index (Phi) is 9.81. The SMILES string of the molecule is CCCCCCOC1CC2(CCC1[N+]#N)SOO[N+]2(CCCC)CCCC. The summed E-state index contributed by atoms with van der Waals surface area (Å²) in [6, 6.07) is -0.137. The third kappa shape index (κ3) is 5.57. The topological polar surface area (TPSA) is 55.8 Å². The monoisotopic (exact) mass is 401 g/mol. The highest BCUT2D eigenvalue weighted by Gasteiger charge is 2.65. The third-order valence-electron chi connectivity index (χ3n) is 6.11. The van der Waals surface area contributed by atoms with Crippen molar-refractivity contribution in [1.29, 1.82) is 5.39 Å². The highest BCUT2D eigenvalue weighted by molar-refractivity contribution is 7.95. The molecule has 3 unspecified atom stereocenters. The molecule has 2 aliphatic rings. The lowest BCUT2D eigenvalue weighted by Crippen LogP contribution is -2.63. The van der Waals surface area contributed by atoms with E-state index in [1.54, 1.807) is 0 Å². The molecule has 0 radical (unpaired) electrons. The average Bonchev–Trinajstić information content (AvgIpc) is 3.02. The standard InChI is InChI=1S/C20H39N3O3S/c1-4-7-10-11-16-24-19-17-20(13-12-18(19)22-21)23(14-8-5-2,15-9-6-3)25-26-27-20/h18-19H,4-17H2,1-3H3/q+2. The molecule has 1 saturated carbocycles. The zero-order chi connectivity index (χ0) is 19.6. The number of hydroxylamine groups is 3. The van der Waals surface area contributed by atoms with E-state index in [2.05, 4.69) is 25.7 Å². The van der Waals surface area contributed by atoms with Crippen LogP contribution < -0.4 is 0 Å². The summed E-state index contributed by atoms with van der Waals surface area (Å²) in [6.07, 6.45) is 11.7. The lowest BCUT2D eigenvalue weighted by atomic mass is 9.86. The molecule has 6 nitrogen and oxygen atoms in total. The van der Waals surface area contributed by atoms with Crippen molar-refractivity contribution in [2.75, 3.05) is 19.7 Å². The van der Waals surface area contributed by atoms with Gasteiger partial charge in [0.1, 0.15) is 36.2 Å². The van der Waals surface area contributed by atoms with Gasteiger partial charge >= 0.3 is 6.04 Å². The Morgan fingerprint density at radius 3 is 2.41 bits per heavy atom. The van der Waals surface area contributed by atoms with E-state index in [0.29, 0.717) is 4.65 Å². The first kappa shape index (κ1) is 22.9. The lowest BCUT2D eigenvalue weighted by molar-refractivity contribution is -1.15. The van der Waals surface area contributed by atoms with Crippen LogP contribution >= 0.6 is 12.0 Å². The molecule has 156 valence electrons. The van der Waals surface area contributed by atoms with Gasteiger partial charge in [0, 0.05) is 19.4 Å². The van der Waals surface area contributed by atoms with Gasteiger partial charge in [0.15, 0.2) is 0 Å². The normalized spacial score (nSPS) is 29.9. The molecule has 0 amide bonds. The van der Waals surface area contributed by atoms with Crippen LogP contribution in [0, 0.1) is 5.39 Å². The van der Waals surface area contributed by atoms with Crippen molar-refractivity contribution in [2.24, 2.45) is 0 Å². The van der Waals surface area contributed by atoms with Crippen LogP contribution in [0.1, 0.15) is 91.4 Å². The van der Waals surface area contributed by atoms with Gasteiger partial charge in [0.2, 0.25) is 10.3 Å². The van der Waals surface area contributed by atoms with Gasteiger partial charge in [-0.15, -0.1) is 8.98 Å². The molecule has 1 aliphatic carbocycles. The Hall–Kier alpha value is -0.390. The van der Waals surface area contributed by atoms with Gasteiger partial charge in [-0.3, -0.25) is 0 Å². The summed E-state index contributed by atoms with van der Waals surface area (Å²) in [5.41, 5.74) is 0. The van der Waals surface area contributed by atoms with Crippen LogP contribution in [0.3, 0.4) is 0 Å². The molecular formula is C20H39N3O3S+2. The van der Waals surface area contributed by atoms with Crippen LogP contribution in [0.15, 0.2) is 0 Å². The second-order valence-electron chi connectivity index (χ2n) is 8.11. The molecule has 7 heteroatoms. The van der Waals surface area contributed by atoms with Gasteiger partial charge in [-0.05, 0) is 24.3 Å². The summed E-state index contributed by atoms with van der Waals surface area (Å²) < 4.78 is 12.4. The predicted molar refractivity (Wildman–Crippen MR) is 109 cm³/mol. The van der Waals surface area contributed by atoms with Crippen LogP contribution in [-0.4, -0.2) is 41.4 Å². The molecule has 1 spiro atoms. The minimum Gasteiger partial charge on any atom is -0.369 e. The Labute approximate surface area is 169 Å². The Bertz CT molecular complexity index is 466. The van der Waals surface area contributed by atoms with Crippen LogP contribution in [0.25, 0.3) is 4.98 Å². The first-order valence-electron chi connectivity index (χ1n) is 11.0. The number of quaternary nitrogens is 1. The summed E-state index contributed by atoms with van der Waals surface area (Å²) in [7, 11) is 0. The molecule has 1 aliphatic heterocycles. The fourth-order valence-electron chi connectivity index (χ4n) is 4.32. The van der Waals surface area contributed by atoms with E-state index in [4.69, 9.17) is 14.1 Å². The summed E-state index contributed by atoms with van der Waals surface area (Å²) in [4.78, 5) is 9.46. The van der Waals surface area contributed by atoms with Crippen LogP contribution in [0.4, 0.5) is 0 Å². The highest BCUT2D eigenvalue weighted by atomic mass is 32.2. The van der Waals surface area contributed by atoms with E-state index < -0.39 is 0 Å². The Morgan fingerprint density at radius 2 is 1.78 bits per heavy atom. The average molecular weight is 402 g/mol. The van der Waals surface area contributed by atoms with Crippen molar-refractivity contribution in [3.8, 4) is 0 Å². The van der Waals surface area contributed by atoms with Gasteiger partial charge in [-0.1, -0.05) is 52.9 Å². The molecule has 2 fully saturated rings. The summed E-state index contributed by atoms with van der Waals surface area (Å²) >= 11 is 1.48. The summed E-state index contributed by atoms with van der Waals surface area (Å²) in [5.74, 6) is 0. The number of nitrogens with zero attached hydrogens (tertiary/aromatic N) is 3. The number of diazo groups is 1. The van der Waals surface area contributed by atoms with Crippen LogP contribution in [-0.2, 0) is 14.1 Å². The minimum absolute atomic E-state index is 0.0658. The fourth-order valence-corrected chi connectivity index (χ4v) is 5.37. The number of hydrogen-bond donors (Lipinski definition) is 0. The Morgan fingerprint density at radius 1 is 1.07 bits per heavy atom. The van der Waals surface area contributed by atoms with Crippen molar-refractivity contribution in [2.45, 2.75) is 108 Å². The molecule has 0 bridgehead atoms. The molecule has 27 heavy (non-hydrogen) atoms. The number of ether oxygens (including phenoxy) is 1. The highest BCUT2D eigenvalue weighted by Crippen LogP contribution is 2.54. The quantitative estimate of drug-likeness (QED) is 0.132. The smallest absolute Gasteiger partial charge is 0.340 e. The largest absolute Gasteiger partial charge is 0.369 e. The van der Waals surface area contributed by atoms with Crippen molar-refractivity contribution in [3.05, 3.63) is 4.98 Å².